The molecular weight excluding hydrogens is 210 g/mol. The number of hydrogen-bond acceptors (Lipinski definition) is 1. The van der Waals surface area contributed by atoms with Crippen LogP contribution in [-0.4, -0.2) is 9.67 Å². The van der Waals surface area contributed by atoms with Gasteiger partial charge >= 0.3 is 0 Å². The summed E-state index contributed by atoms with van der Waals surface area (Å²) in [5.41, 5.74) is 2.46. The maximum atomic E-state index is 9.88. The number of rotatable bonds is 1. The third-order valence-electron chi connectivity index (χ3n) is 3.01. The molecule has 2 rings (SSSR count). The molecule has 0 saturated carbocycles. The van der Waals surface area contributed by atoms with Crippen molar-refractivity contribution in [1.82, 2.24) is 4.57 Å². The summed E-state index contributed by atoms with van der Waals surface area (Å²) in [7, 11) is 0. The summed E-state index contributed by atoms with van der Waals surface area (Å²) in [6.45, 7) is 7.07. The molecule has 0 aromatic carbocycles. The van der Waals surface area contributed by atoms with Gasteiger partial charge < -0.3 is 9.67 Å². The third kappa shape index (κ3) is 3.14. The molecule has 0 amide bonds. The Hall–Kier alpha value is -1.20. The quantitative estimate of drug-likeness (QED) is 0.739. The molecule has 92 valence electrons. The maximum Gasteiger partial charge on any atom is 0.0832 e. The second-order valence-electron chi connectivity index (χ2n) is 5.87. The Kier molecular flexibility index (Phi) is 3.31. The lowest BCUT2D eigenvalue weighted by molar-refractivity contribution is 0.157. The van der Waals surface area contributed by atoms with Gasteiger partial charge in [0.1, 0.15) is 0 Å². The van der Waals surface area contributed by atoms with E-state index in [4.69, 9.17) is 0 Å². The molecule has 17 heavy (non-hydrogen) atoms. The van der Waals surface area contributed by atoms with E-state index in [-0.39, 0.29) is 11.5 Å². The van der Waals surface area contributed by atoms with Crippen molar-refractivity contribution in [3.63, 3.8) is 0 Å². The predicted octanol–water partition coefficient (Wildman–Crippen LogP) is 2.91. The molecule has 0 saturated heterocycles. The molecule has 0 aliphatic heterocycles. The molecule has 1 aromatic rings. The summed E-state index contributed by atoms with van der Waals surface area (Å²) in [5.74, 6) is 6.43. The van der Waals surface area contributed by atoms with Gasteiger partial charge in [0.05, 0.1) is 12.6 Å². The van der Waals surface area contributed by atoms with E-state index in [1.54, 1.807) is 0 Å². The number of aromatic nitrogens is 1. The fraction of sp³-hybridized carbons (Fsp3) is 0.600. The van der Waals surface area contributed by atoms with Crippen LogP contribution in [0.3, 0.4) is 0 Å². The van der Waals surface area contributed by atoms with Crippen molar-refractivity contribution < 1.29 is 5.11 Å². The van der Waals surface area contributed by atoms with E-state index in [9.17, 15) is 5.11 Å². The van der Waals surface area contributed by atoms with Crippen LogP contribution in [0.4, 0.5) is 0 Å². The molecule has 1 N–H and O–H groups in total. The van der Waals surface area contributed by atoms with Crippen LogP contribution in [0.5, 0.6) is 0 Å². The second-order valence-corrected chi connectivity index (χ2v) is 5.87. The lowest BCUT2D eigenvalue weighted by Crippen LogP contribution is -2.05. The zero-order valence-corrected chi connectivity index (χ0v) is 11.0. The number of aryl methyl sites for hydroxylation is 1. The Labute approximate surface area is 104 Å². The van der Waals surface area contributed by atoms with Crippen LogP contribution >= 0.6 is 0 Å². The van der Waals surface area contributed by atoms with Crippen molar-refractivity contribution in [2.45, 2.75) is 52.7 Å². The largest absolute Gasteiger partial charge is 0.388 e. The monoisotopic (exact) mass is 231 g/mol. The molecule has 1 unspecified atom stereocenters. The highest BCUT2D eigenvalue weighted by Crippen LogP contribution is 2.30. The van der Waals surface area contributed by atoms with Gasteiger partial charge in [-0.25, -0.2) is 0 Å². The minimum Gasteiger partial charge on any atom is -0.388 e. The van der Waals surface area contributed by atoms with Gasteiger partial charge in [0.15, 0.2) is 0 Å². The molecular formula is C15H21NO. The van der Waals surface area contributed by atoms with Crippen molar-refractivity contribution in [3.8, 4) is 11.8 Å². The summed E-state index contributed by atoms with van der Waals surface area (Å²) in [6.07, 6.45) is 6.99. The van der Waals surface area contributed by atoms with Gasteiger partial charge in [0.25, 0.3) is 0 Å². The molecule has 0 fully saturated rings. The summed E-state index contributed by atoms with van der Waals surface area (Å²) in [6, 6.07) is 0. The molecule has 1 aromatic heterocycles. The molecule has 0 radical (unpaired) electrons. The van der Waals surface area contributed by atoms with Crippen LogP contribution in [0.2, 0.25) is 0 Å². The number of aliphatic hydroxyl groups excluding tert-OH is 1. The molecule has 1 aliphatic carbocycles. The van der Waals surface area contributed by atoms with Crippen LogP contribution in [0.15, 0.2) is 12.4 Å². The van der Waals surface area contributed by atoms with Crippen LogP contribution in [0.1, 0.15) is 50.8 Å². The zero-order chi connectivity index (χ0) is 12.5. The second kappa shape index (κ2) is 4.58. The first-order valence-corrected chi connectivity index (χ1v) is 6.32. The van der Waals surface area contributed by atoms with Crippen molar-refractivity contribution in [2.24, 2.45) is 5.41 Å². The van der Waals surface area contributed by atoms with E-state index in [0.717, 1.165) is 31.4 Å². The Morgan fingerprint density at radius 3 is 2.82 bits per heavy atom. The maximum absolute atomic E-state index is 9.88. The number of hydrogen-bond donors (Lipinski definition) is 1. The minimum absolute atomic E-state index is 0.0618. The SMILES string of the molecule is CC(C)(C)C#CCn1cc2c(c1)C(O)CCC2. The van der Waals surface area contributed by atoms with Crippen LogP contribution in [0.25, 0.3) is 0 Å². The fourth-order valence-corrected chi connectivity index (χ4v) is 2.21. The number of fused-ring (bicyclic) bond motifs is 1. The van der Waals surface area contributed by atoms with E-state index in [2.05, 4.69) is 49.6 Å². The van der Waals surface area contributed by atoms with Gasteiger partial charge in [-0.15, -0.1) is 0 Å². The van der Waals surface area contributed by atoms with Gasteiger partial charge in [-0.3, -0.25) is 0 Å². The van der Waals surface area contributed by atoms with Crippen molar-refractivity contribution in [3.05, 3.63) is 23.5 Å². The molecule has 1 atom stereocenters. The summed E-state index contributed by atoms with van der Waals surface area (Å²) >= 11 is 0. The zero-order valence-electron chi connectivity index (χ0n) is 11.0. The topological polar surface area (TPSA) is 25.2 Å². The average Bonchev–Trinajstić information content (AvgIpc) is 2.60. The van der Waals surface area contributed by atoms with Gasteiger partial charge in [0.2, 0.25) is 0 Å². The number of nitrogens with zero attached hydrogens (tertiary/aromatic N) is 1. The van der Waals surface area contributed by atoms with E-state index >= 15 is 0 Å². The van der Waals surface area contributed by atoms with Crippen molar-refractivity contribution in [1.29, 1.82) is 0 Å². The number of aliphatic hydroxyl groups is 1. The standard InChI is InChI=1S/C15H21NO/c1-15(2,3)8-5-9-16-10-12-6-4-7-14(17)13(12)11-16/h10-11,14,17H,4,6-7,9H2,1-3H3. The van der Waals surface area contributed by atoms with Crippen molar-refractivity contribution in [2.75, 3.05) is 0 Å². The van der Waals surface area contributed by atoms with Crippen LogP contribution < -0.4 is 0 Å². The predicted molar refractivity (Wildman–Crippen MR) is 69.6 cm³/mol. The third-order valence-corrected chi connectivity index (χ3v) is 3.01. The molecule has 1 aliphatic rings. The lowest BCUT2D eigenvalue weighted by atomic mass is 9.93. The lowest BCUT2D eigenvalue weighted by Gasteiger charge is -2.16. The first-order chi connectivity index (χ1) is 7.96. The molecule has 1 heterocycles. The Balaban J connectivity index is 2.10. The molecule has 0 bridgehead atoms. The Morgan fingerprint density at radius 2 is 2.18 bits per heavy atom. The fourth-order valence-electron chi connectivity index (χ4n) is 2.21. The van der Waals surface area contributed by atoms with Gasteiger partial charge in [-0.05, 0) is 45.6 Å². The van der Waals surface area contributed by atoms with Crippen LogP contribution in [0, 0.1) is 17.3 Å². The Morgan fingerprint density at radius 1 is 1.41 bits per heavy atom. The molecule has 2 heteroatoms. The summed E-state index contributed by atoms with van der Waals surface area (Å²) < 4.78 is 2.10. The smallest absolute Gasteiger partial charge is 0.0832 e. The summed E-state index contributed by atoms with van der Waals surface area (Å²) in [4.78, 5) is 0. The van der Waals surface area contributed by atoms with E-state index < -0.39 is 0 Å². The highest BCUT2D eigenvalue weighted by atomic mass is 16.3. The van der Waals surface area contributed by atoms with E-state index in [1.807, 2.05) is 0 Å². The molecule has 0 spiro atoms. The Bertz CT molecular complexity index is 453. The van der Waals surface area contributed by atoms with Gasteiger partial charge in [0, 0.05) is 23.4 Å². The van der Waals surface area contributed by atoms with E-state index in [1.165, 1.54) is 5.56 Å². The normalized spacial score (nSPS) is 19.4. The van der Waals surface area contributed by atoms with E-state index in [0.29, 0.717) is 0 Å². The first-order valence-electron chi connectivity index (χ1n) is 6.32. The van der Waals surface area contributed by atoms with Gasteiger partial charge in [-0.2, -0.15) is 0 Å². The average molecular weight is 231 g/mol. The first kappa shape index (κ1) is 12.3. The van der Waals surface area contributed by atoms with Gasteiger partial charge in [-0.1, -0.05) is 11.8 Å². The molecule has 2 nitrogen and oxygen atoms in total. The highest BCUT2D eigenvalue weighted by Gasteiger charge is 2.19. The van der Waals surface area contributed by atoms with Crippen molar-refractivity contribution >= 4 is 0 Å². The van der Waals surface area contributed by atoms with Crippen LogP contribution in [-0.2, 0) is 13.0 Å². The highest BCUT2D eigenvalue weighted by molar-refractivity contribution is 5.29. The summed E-state index contributed by atoms with van der Waals surface area (Å²) in [5, 5.41) is 9.88. The minimum atomic E-state index is -0.268.